The van der Waals surface area contributed by atoms with Gasteiger partial charge in [-0.2, -0.15) is 0 Å². The van der Waals surface area contributed by atoms with E-state index in [1.807, 2.05) is 0 Å². The van der Waals surface area contributed by atoms with Gasteiger partial charge in [0.25, 0.3) is 5.56 Å². The average molecular weight is 465 g/mol. The molecule has 0 atom stereocenters. The predicted molar refractivity (Wildman–Crippen MR) is 123 cm³/mol. The Morgan fingerprint density at radius 1 is 1.03 bits per heavy atom. The predicted octanol–water partition coefficient (Wildman–Crippen LogP) is 4.60. The third-order valence-corrected chi connectivity index (χ3v) is 5.72. The van der Waals surface area contributed by atoms with Crippen LogP contribution in [0.15, 0.2) is 76.7 Å². The van der Waals surface area contributed by atoms with Gasteiger partial charge in [0, 0.05) is 17.3 Å². The molecular weight excluding hydrogens is 448 g/mol. The first-order chi connectivity index (χ1) is 15.8. The van der Waals surface area contributed by atoms with Crippen molar-refractivity contribution in [2.45, 2.75) is 12.1 Å². The number of hydrogen-bond donors (Lipinski definition) is 1. The number of thioether (sulfide) groups is 1. The Bertz CT molecular complexity index is 1450. The minimum Gasteiger partial charge on any atom is -0.325 e. The molecule has 0 aliphatic rings. The van der Waals surface area contributed by atoms with E-state index in [9.17, 15) is 23.2 Å². The van der Waals surface area contributed by atoms with E-state index in [-0.39, 0.29) is 27.8 Å². The zero-order chi connectivity index (χ0) is 23.5. The van der Waals surface area contributed by atoms with Crippen LogP contribution in [0.5, 0.6) is 0 Å². The first kappa shape index (κ1) is 22.3. The maximum Gasteiger partial charge on any atom is 0.266 e. The van der Waals surface area contributed by atoms with Crippen LogP contribution in [0.3, 0.4) is 0 Å². The average Bonchev–Trinajstić information content (AvgIpc) is 2.79. The Hall–Kier alpha value is -3.85. The van der Waals surface area contributed by atoms with Crippen LogP contribution in [0.4, 0.5) is 14.5 Å². The number of para-hydroxylation sites is 1. The summed E-state index contributed by atoms with van der Waals surface area (Å²) in [5.74, 6) is -2.39. The van der Waals surface area contributed by atoms with E-state index in [0.717, 1.165) is 28.5 Å². The van der Waals surface area contributed by atoms with Crippen molar-refractivity contribution in [1.29, 1.82) is 0 Å². The summed E-state index contributed by atoms with van der Waals surface area (Å²) in [5, 5.41) is 3.03. The number of hydrogen-bond acceptors (Lipinski definition) is 5. The highest BCUT2D eigenvalue weighted by Gasteiger charge is 2.18. The van der Waals surface area contributed by atoms with E-state index in [4.69, 9.17) is 0 Å². The Balaban J connectivity index is 1.67. The number of fused-ring (bicyclic) bond motifs is 1. The summed E-state index contributed by atoms with van der Waals surface area (Å²) in [6.45, 7) is 1.43. The van der Waals surface area contributed by atoms with Gasteiger partial charge in [-0.25, -0.2) is 13.8 Å². The molecule has 0 aliphatic carbocycles. The molecule has 9 heteroatoms. The maximum atomic E-state index is 14.5. The van der Waals surface area contributed by atoms with E-state index >= 15 is 0 Å². The summed E-state index contributed by atoms with van der Waals surface area (Å²) in [7, 11) is 0. The van der Waals surface area contributed by atoms with Gasteiger partial charge in [0.2, 0.25) is 5.91 Å². The number of anilines is 1. The molecule has 0 saturated heterocycles. The molecule has 3 aromatic carbocycles. The van der Waals surface area contributed by atoms with Crippen LogP contribution in [0, 0.1) is 11.6 Å². The number of nitrogens with one attached hydrogen (secondary N) is 1. The number of amides is 1. The molecule has 1 aromatic heterocycles. The van der Waals surface area contributed by atoms with Gasteiger partial charge in [-0.05, 0) is 43.3 Å². The van der Waals surface area contributed by atoms with Gasteiger partial charge in [-0.15, -0.1) is 0 Å². The van der Waals surface area contributed by atoms with E-state index in [2.05, 4.69) is 10.3 Å². The van der Waals surface area contributed by atoms with Gasteiger partial charge < -0.3 is 5.32 Å². The van der Waals surface area contributed by atoms with Gasteiger partial charge in [-0.3, -0.25) is 19.0 Å². The molecule has 166 valence electrons. The number of nitrogens with zero attached hydrogens (tertiary/aromatic N) is 2. The van der Waals surface area contributed by atoms with Gasteiger partial charge >= 0.3 is 0 Å². The Kier molecular flexibility index (Phi) is 6.32. The lowest BCUT2D eigenvalue weighted by Gasteiger charge is -2.14. The van der Waals surface area contributed by atoms with Crippen LogP contribution < -0.4 is 10.9 Å². The zero-order valence-corrected chi connectivity index (χ0v) is 18.2. The van der Waals surface area contributed by atoms with Gasteiger partial charge in [0.1, 0.15) is 11.6 Å². The topological polar surface area (TPSA) is 81.1 Å². The SMILES string of the molecule is CC(=O)c1cccc(NC(=O)CSc2nc3ccccc3c(=O)n2-c2ccc(F)cc2F)c1. The third kappa shape index (κ3) is 4.83. The number of carbonyl (C=O) groups is 2. The van der Waals surface area contributed by atoms with Crippen LogP contribution in [-0.4, -0.2) is 27.0 Å². The summed E-state index contributed by atoms with van der Waals surface area (Å²) in [5.41, 5.74) is 0.581. The Morgan fingerprint density at radius 3 is 2.58 bits per heavy atom. The second kappa shape index (κ2) is 9.33. The monoisotopic (exact) mass is 465 g/mol. The summed E-state index contributed by atoms with van der Waals surface area (Å²) in [6, 6.07) is 15.9. The lowest BCUT2D eigenvalue weighted by Crippen LogP contribution is -2.23. The number of Topliss-reactive ketones (excluding diaryl/α,β-unsaturated/α-hetero) is 1. The minimum absolute atomic E-state index is 0.0804. The van der Waals surface area contributed by atoms with Crippen LogP contribution in [-0.2, 0) is 4.79 Å². The standard InChI is InChI=1S/C24H17F2N3O3S/c1-14(30)15-5-4-6-17(11-15)27-22(31)13-33-24-28-20-8-3-2-7-18(20)23(32)29(24)21-10-9-16(25)12-19(21)26/h2-12H,13H2,1H3,(H,27,31). The molecule has 0 bridgehead atoms. The fraction of sp³-hybridized carbons (Fsp3) is 0.0833. The second-order valence-corrected chi connectivity index (χ2v) is 8.06. The fourth-order valence-corrected chi connectivity index (χ4v) is 4.03. The molecule has 33 heavy (non-hydrogen) atoms. The van der Waals surface area contributed by atoms with Crippen LogP contribution in [0.2, 0.25) is 0 Å². The number of carbonyl (C=O) groups excluding carboxylic acids is 2. The quantitative estimate of drug-likeness (QED) is 0.256. The summed E-state index contributed by atoms with van der Waals surface area (Å²) in [6.07, 6.45) is 0. The van der Waals surface area contributed by atoms with Crippen molar-refractivity contribution in [2.24, 2.45) is 0 Å². The van der Waals surface area contributed by atoms with Crippen molar-refractivity contribution in [3.8, 4) is 5.69 Å². The van der Waals surface area contributed by atoms with Crippen LogP contribution >= 0.6 is 11.8 Å². The van der Waals surface area contributed by atoms with Gasteiger partial charge in [-0.1, -0.05) is 36.0 Å². The normalized spacial score (nSPS) is 10.9. The third-order valence-electron chi connectivity index (χ3n) is 4.78. The second-order valence-electron chi connectivity index (χ2n) is 7.12. The fourth-order valence-electron chi connectivity index (χ4n) is 3.23. The molecule has 0 aliphatic heterocycles. The molecule has 1 N–H and O–H groups in total. The van der Waals surface area contributed by atoms with E-state index in [0.29, 0.717) is 22.8 Å². The maximum absolute atomic E-state index is 14.5. The van der Waals surface area contributed by atoms with Crippen LogP contribution in [0.25, 0.3) is 16.6 Å². The van der Waals surface area contributed by atoms with E-state index < -0.39 is 23.1 Å². The lowest BCUT2D eigenvalue weighted by atomic mass is 10.1. The number of aromatic nitrogens is 2. The highest BCUT2D eigenvalue weighted by atomic mass is 32.2. The molecular formula is C24H17F2N3O3S. The number of ketones is 1. The molecule has 1 heterocycles. The number of halogens is 2. The summed E-state index contributed by atoms with van der Waals surface area (Å²) < 4.78 is 29.0. The van der Waals surface area contributed by atoms with Crippen molar-refractivity contribution in [3.05, 3.63) is 94.3 Å². The van der Waals surface area contributed by atoms with E-state index in [1.54, 1.807) is 48.5 Å². The lowest BCUT2D eigenvalue weighted by molar-refractivity contribution is -0.113. The Labute approximate surface area is 191 Å². The highest BCUT2D eigenvalue weighted by Crippen LogP contribution is 2.24. The number of benzene rings is 3. The van der Waals surface area contributed by atoms with Crippen molar-refractivity contribution < 1.29 is 18.4 Å². The van der Waals surface area contributed by atoms with Crippen molar-refractivity contribution in [1.82, 2.24) is 9.55 Å². The Morgan fingerprint density at radius 2 is 1.82 bits per heavy atom. The highest BCUT2D eigenvalue weighted by molar-refractivity contribution is 7.99. The smallest absolute Gasteiger partial charge is 0.266 e. The summed E-state index contributed by atoms with van der Waals surface area (Å²) in [4.78, 5) is 41.6. The molecule has 1 amide bonds. The molecule has 0 radical (unpaired) electrons. The van der Waals surface area contributed by atoms with Gasteiger partial charge in [0.15, 0.2) is 10.9 Å². The van der Waals surface area contributed by atoms with Crippen molar-refractivity contribution in [3.63, 3.8) is 0 Å². The van der Waals surface area contributed by atoms with Gasteiger partial charge in [0.05, 0.1) is 22.3 Å². The molecule has 0 fully saturated rings. The van der Waals surface area contributed by atoms with E-state index in [1.165, 1.54) is 6.92 Å². The zero-order valence-electron chi connectivity index (χ0n) is 17.3. The molecule has 0 saturated carbocycles. The van der Waals surface area contributed by atoms with Crippen LogP contribution in [0.1, 0.15) is 17.3 Å². The molecule has 0 spiro atoms. The summed E-state index contributed by atoms with van der Waals surface area (Å²) >= 11 is 0.934. The molecule has 4 rings (SSSR count). The largest absolute Gasteiger partial charge is 0.325 e. The molecule has 6 nitrogen and oxygen atoms in total. The molecule has 4 aromatic rings. The van der Waals surface area contributed by atoms with Crippen molar-refractivity contribution in [2.75, 3.05) is 11.1 Å². The molecule has 0 unspecified atom stereocenters. The number of rotatable bonds is 6. The first-order valence-corrected chi connectivity index (χ1v) is 10.8. The van der Waals surface area contributed by atoms with Crippen molar-refractivity contribution >= 4 is 40.0 Å². The first-order valence-electron chi connectivity index (χ1n) is 9.84. The minimum atomic E-state index is -0.929.